The van der Waals surface area contributed by atoms with Crippen molar-refractivity contribution in [2.24, 2.45) is 11.1 Å². The van der Waals surface area contributed by atoms with Crippen LogP contribution in [0, 0.1) is 5.41 Å². The normalized spacial score (nSPS) is 20.1. The van der Waals surface area contributed by atoms with E-state index < -0.39 is 23.6 Å². The number of halogens is 1. The van der Waals surface area contributed by atoms with Gasteiger partial charge in [0.05, 0.1) is 18.8 Å². The molecule has 0 unspecified atom stereocenters. The molecule has 0 radical (unpaired) electrons. The molecule has 1 saturated heterocycles. The van der Waals surface area contributed by atoms with Gasteiger partial charge in [0.2, 0.25) is 11.8 Å². The first-order valence-electron chi connectivity index (χ1n) is 11.5. The number of hydrogen-bond donors (Lipinski definition) is 4. The van der Waals surface area contributed by atoms with Gasteiger partial charge in [-0.1, -0.05) is 74.8 Å². The number of nitrogens with one attached hydrogen (secondary N) is 1. The summed E-state index contributed by atoms with van der Waals surface area (Å²) in [5, 5.41) is 23.6. The van der Waals surface area contributed by atoms with Gasteiger partial charge in [-0.3, -0.25) is 9.59 Å². The lowest BCUT2D eigenvalue weighted by Gasteiger charge is -2.32. The summed E-state index contributed by atoms with van der Waals surface area (Å²) in [6.07, 6.45) is -0.622. The molecule has 0 saturated carbocycles. The smallest absolute Gasteiger partial charge is 0.242 e. The van der Waals surface area contributed by atoms with Crippen molar-refractivity contribution in [1.29, 1.82) is 0 Å². The second kappa shape index (κ2) is 10.9. The second-order valence-corrected chi connectivity index (χ2v) is 10.4. The molecule has 34 heavy (non-hydrogen) atoms. The number of likely N-dealkylation sites (tertiary alicyclic amines) is 1. The maximum absolute atomic E-state index is 13.0. The minimum absolute atomic E-state index is 0.0770. The number of nitrogens with two attached hydrogens (primary N) is 1. The van der Waals surface area contributed by atoms with Crippen LogP contribution in [-0.2, 0) is 9.59 Å². The molecule has 7 nitrogen and oxygen atoms in total. The SMILES string of the molecule is CC(C)(C)[C@H](N)C(=O)N1C[C@H](O)C[C@H]1C(=O)NC[C@H](CO)c1ccc(-c2ccccc2Cl)cc1. The zero-order valence-corrected chi connectivity index (χ0v) is 20.6. The van der Waals surface area contributed by atoms with E-state index >= 15 is 0 Å². The van der Waals surface area contributed by atoms with E-state index in [1.165, 1.54) is 4.90 Å². The monoisotopic (exact) mass is 487 g/mol. The summed E-state index contributed by atoms with van der Waals surface area (Å²) < 4.78 is 0. The summed E-state index contributed by atoms with van der Waals surface area (Å²) in [6, 6.07) is 13.7. The lowest BCUT2D eigenvalue weighted by Crippen LogP contribution is -2.55. The minimum Gasteiger partial charge on any atom is -0.396 e. The lowest BCUT2D eigenvalue weighted by molar-refractivity contribution is -0.141. The summed E-state index contributed by atoms with van der Waals surface area (Å²) in [5.74, 6) is -1.04. The predicted octanol–water partition coefficient (Wildman–Crippen LogP) is 2.53. The van der Waals surface area contributed by atoms with Crippen molar-refractivity contribution in [3.63, 3.8) is 0 Å². The molecule has 2 aromatic rings. The zero-order valence-electron chi connectivity index (χ0n) is 19.9. The molecular weight excluding hydrogens is 454 g/mol. The molecule has 184 valence electrons. The van der Waals surface area contributed by atoms with E-state index in [9.17, 15) is 19.8 Å². The van der Waals surface area contributed by atoms with E-state index in [1.807, 2.05) is 69.3 Å². The summed E-state index contributed by atoms with van der Waals surface area (Å²) >= 11 is 6.28. The highest BCUT2D eigenvalue weighted by Crippen LogP contribution is 2.29. The molecule has 0 aliphatic carbocycles. The van der Waals surface area contributed by atoms with Crippen LogP contribution in [0.3, 0.4) is 0 Å². The maximum atomic E-state index is 13.0. The molecular formula is C26H34ClN3O4. The summed E-state index contributed by atoms with van der Waals surface area (Å²) in [6.45, 7) is 5.70. The Bertz CT molecular complexity index is 1010. The van der Waals surface area contributed by atoms with Crippen molar-refractivity contribution >= 4 is 23.4 Å². The van der Waals surface area contributed by atoms with Crippen LogP contribution in [-0.4, -0.2) is 64.8 Å². The average Bonchev–Trinajstić information content (AvgIpc) is 3.20. The standard InChI is InChI=1S/C26H34ClN3O4/c1-26(2,3)23(28)25(34)30-14-19(32)12-22(30)24(33)29-13-18(15-31)16-8-10-17(11-9-16)20-6-4-5-7-21(20)27/h4-11,18-19,22-23,31-32H,12-15,28H2,1-3H3,(H,29,33)/t18-,19-,22+,23-/m1/s1. The van der Waals surface area contributed by atoms with Crippen molar-refractivity contribution in [1.82, 2.24) is 10.2 Å². The molecule has 1 fully saturated rings. The van der Waals surface area contributed by atoms with Crippen LogP contribution in [0.15, 0.2) is 48.5 Å². The van der Waals surface area contributed by atoms with Crippen molar-refractivity contribution in [3.8, 4) is 11.1 Å². The summed E-state index contributed by atoms with van der Waals surface area (Å²) in [7, 11) is 0. The Balaban J connectivity index is 1.66. The Labute approximate surface area is 205 Å². The number of nitrogens with zero attached hydrogens (tertiary/aromatic N) is 1. The molecule has 2 amide bonds. The van der Waals surface area contributed by atoms with E-state index in [1.54, 1.807) is 0 Å². The second-order valence-electron chi connectivity index (χ2n) is 9.97. The Morgan fingerprint density at radius 1 is 1.18 bits per heavy atom. The van der Waals surface area contributed by atoms with E-state index in [4.69, 9.17) is 17.3 Å². The van der Waals surface area contributed by atoms with Gasteiger partial charge in [-0.2, -0.15) is 0 Å². The molecule has 1 heterocycles. The first-order valence-corrected chi connectivity index (χ1v) is 11.9. The fourth-order valence-corrected chi connectivity index (χ4v) is 4.36. The van der Waals surface area contributed by atoms with Crippen LogP contribution >= 0.6 is 11.6 Å². The van der Waals surface area contributed by atoms with Crippen LogP contribution in [0.1, 0.15) is 38.7 Å². The third kappa shape index (κ3) is 5.96. The van der Waals surface area contributed by atoms with Gasteiger partial charge in [0, 0.05) is 36.0 Å². The number of aliphatic hydroxyl groups excluding tert-OH is 2. The summed E-state index contributed by atoms with van der Waals surface area (Å²) in [4.78, 5) is 27.2. The minimum atomic E-state index is -0.794. The van der Waals surface area contributed by atoms with E-state index in [0.29, 0.717) is 5.02 Å². The average molecular weight is 488 g/mol. The molecule has 5 N–H and O–H groups in total. The van der Waals surface area contributed by atoms with E-state index in [-0.39, 0.29) is 43.8 Å². The van der Waals surface area contributed by atoms with Crippen LogP contribution in [0.4, 0.5) is 0 Å². The van der Waals surface area contributed by atoms with Crippen LogP contribution in [0.5, 0.6) is 0 Å². The highest BCUT2D eigenvalue weighted by Gasteiger charge is 2.42. The lowest BCUT2D eigenvalue weighted by atomic mass is 9.86. The maximum Gasteiger partial charge on any atom is 0.242 e. The largest absolute Gasteiger partial charge is 0.396 e. The van der Waals surface area contributed by atoms with Gasteiger partial charge >= 0.3 is 0 Å². The van der Waals surface area contributed by atoms with Gasteiger partial charge < -0.3 is 26.2 Å². The number of rotatable bonds is 7. The molecule has 2 aromatic carbocycles. The van der Waals surface area contributed by atoms with Crippen LogP contribution < -0.4 is 11.1 Å². The fraction of sp³-hybridized carbons (Fsp3) is 0.462. The zero-order chi connectivity index (χ0) is 25.0. The topological polar surface area (TPSA) is 116 Å². The fourth-order valence-electron chi connectivity index (χ4n) is 4.11. The molecule has 0 spiro atoms. The van der Waals surface area contributed by atoms with Crippen molar-refractivity contribution in [2.75, 3.05) is 19.7 Å². The molecule has 4 atom stereocenters. The van der Waals surface area contributed by atoms with Crippen LogP contribution in [0.2, 0.25) is 5.02 Å². The predicted molar refractivity (Wildman–Crippen MR) is 133 cm³/mol. The molecule has 0 aromatic heterocycles. The van der Waals surface area contributed by atoms with Crippen molar-refractivity contribution < 1.29 is 19.8 Å². The third-order valence-corrected chi connectivity index (χ3v) is 6.70. The Morgan fingerprint density at radius 3 is 2.41 bits per heavy atom. The molecule has 1 aliphatic rings. The number of aliphatic hydroxyl groups is 2. The number of hydrogen-bond acceptors (Lipinski definition) is 5. The first-order chi connectivity index (χ1) is 16.0. The highest BCUT2D eigenvalue weighted by atomic mass is 35.5. The molecule has 3 rings (SSSR count). The first kappa shape index (κ1) is 26.2. The van der Waals surface area contributed by atoms with Gasteiger partial charge in [-0.15, -0.1) is 0 Å². The molecule has 0 bridgehead atoms. The Kier molecular flexibility index (Phi) is 8.36. The molecule has 8 heteroatoms. The number of carbonyl (C=O) groups excluding carboxylic acids is 2. The van der Waals surface area contributed by atoms with Gasteiger partial charge in [-0.25, -0.2) is 0 Å². The summed E-state index contributed by atoms with van der Waals surface area (Å²) in [5.41, 5.74) is 8.40. The Hall–Kier alpha value is -2.45. The molecule has 1 aliphatic heterocycles. The Morgan fingerprint density at radius 2 is 1.82 bits per heavy atom. The number of β-amino-alcohol motifs (C(OH)–C–C–N with tert-alkyl or cyclic N) is 1. The van der Waals surface area contributed by atoms with Crippen molar-refractivity contribution in [2.45, 2.75) is 51.3 Å². The van der Waals surface area contributed by atoms with E-state index in [2.05, 4.69) is 5.32 Å². The van der Waals surface area contributed by atoms with Gasteiger partial charge in [-0.05, 0) is 22.6 Å². The number of carbonyl (C=O) groups is 2. The van der Waals surface area contributed by atoms with Gasteiger partial charge in [0.15, 0.2) is 0 Å². The van der Waals surface area contributed by atoms with Gasteiger partial charge in [0.1, 0.15) is 6.04 Å². The quantitative estimate of drug-likeness (QED) is 0.479. The number of benzene rings is 2. The highest BCUT2D eigenvalue weighted by molar-refractivity contribution is 6.33. The van der Waals surface area contributed by atoms with E-state index in [0.717, 1.165) is 16.7 Å². The van der Waals surface area contributed by atoms with Gasteiger partial charge in [0.25, 0.3) is 0 Å². The van der Waals surface area contributed by atoms with Crippen LogP contribution in [0.25, 0.3) is 11.1 Å². The number of amides is 2. The van der Waals surface area contributed by atoms with Crippen molar-refractivity contribution in [3.05, 3.63) is 59.1 Å². The third-order valence-electron chi connectivity index (χ3n) is 6.37.